The quantitative estimate of drug-likeness (QED) is 0.575. The number of rotatable bonds is 3. The number of aromatic nitrogens is 1. The molecule has 0 aliphatic rings. The molecule has 96 valence electrons. The van der Waals surface area contributed by atoms with E-state index in [0.29, 0.717) is 17.3 Å². The number of anilines is 1. The number of fused-ring (bicyclic) bond motifs is 1. The molecular formula is C14H11ClN2OS. The third-order valence-electron chi connectivity index (χ3n) is 2.65. The van der Waals surface area contributed by atoms with Gasteiger partial charge in [-0.15, -0.1) is 11.8 Å². The lowest BCUT2D eigenvalue weighted by Gasteiger charge is -1.98. The monoisotopic (exact) mass is 290 g/mol. The number of halogens is 1. The summed E-state index contributed by atoms with van der Waals surface area (Å²) in [6.07, 6.45) is 0. The minimum absolute atomic E-state index is 0.639. The van der Waals surface area contributed by atoms with Gasteiger partial charge in [0.1, 0.15) is 5.52 Å². The first-order valence-corrected chi connectivity index (χ1v) is 7.11. The molecule has 0 amide bonds. The Morgan fingerprint density at radius 3 is 2.84 bits per heavy atom. The maximum absolute atomic E-state index is 5.94. The number of nitrogen functional groups attached to an aromatic ring is 1. The van der Waals surface area contributed by atoms with Crippen molar-refractivity contribution in [3.05, 3.63) is 53.4 Å². The molecule has 0 saturated heterocycles. The minimum atomic E-state index is 0.639. The number of thioether (sulfide) groups is 1. The van der Waals surface area contributed by atoms with Gasteiger partial charge >= 0.3 is 0 Å². The molecule has 3 aromatic rings. The van der Waals surface area contributed by atoms with Crippen LogP contribution >= 0.6 is 23.4 Å². The molecule has 1 aromatic heterocycles. The summed E-state index contributed by atoms with van der Waals surface area (Å²) in [6, 6.07) is 13.2. The maximum atomic E-state index is 5.94. The first-order chi connectivity index (χ1) is 9.22. The molecule has 3 rings (SSSR count). The van der Waals surface area contributed by atoms with Gasteiger partial charge in [0.25, 0.3) is 0 Å². The number of hydrogen-bond donors (Lipinski definition) is 1. The van der Waals surface area contributed by atoms with Crippen LogP contribution in [0.25, 0.3) is 11.1 Å². The molecule has 0 atom stereocenters. The molecule has 0 spiro atoms. The summed E-state index contributed by atoms with van der Waals surface area (Å²) in [6.45, 7) is 0. The Labute approximate surface area is 119 Å². The van der Waals surface area contributed by atoms with E-state index in [9.17, 15) is 0 Å². The highest BCUT2D eigenvalue weighted by atomic mass is 35.5. The third-order valence-corrected chi connectivity index (χ3v) is 3.87. The smallest absolute Gasteiger partial charge is 0.205 e. The van der Waals surface area contributed by atoms with Crippen molar-refractivity contribution in [2.45, 2.75) is 10.6 Å². The van der Waals surface area contributed by atoms with Gasteiger partial charge in [0, 0.05) is 9.92 Å². The number of nitrogens with two attached hydrogens (primary N) is 1. The van der Waals surface area contributed by atoms with Crippen LogP contribution in [-0.4, -0.2) is 4.98 Å². The van der Waals surface area contributed by atoms with Crippen molar-refractivity contribution in [3.63, 3.8) is 0 Å². The van der Waals surface area contributed by atoms with Crippen LogP contribution in [0.4, 0.5) is 5.69 Å². The third kappa shape index (κ3) is 2.69. The topological polar surface area (TPSA) is 52.0 Å². The van der Waals surface area contributed by atoms with E-state index >= 15 is 0 Å². The average molecular weight is 291 g/mol. The van der Waals surface area contributed by atoms with Crippen molar-refractivity contribution in [3.8, 4) is 0 Å². The molecule has 0 aliphatic carbocycles. The van der Waals surface area contributed by atoms with Gasteiger partial charge in [-0.3, -0.25) is 0 Å². The normalized spacial score (nSPS) is 11.0. The Hall–Kier alpha value is -1.65. The molecule has 0 saturated carbocycles. The number of nitrogens with zero attached hydrogens (tertiary/aromatic N) is 1. The van der Waals surface area contributed by atoms with E-state index in [-0.39, 0.29) is 0 Å². The molecular weight excluding hydrogens is 280 g/mol. The fraction of sp³-hybridized carbons (Fsp3) is 0.0714. The standard InChI is InChI=1S/C14H11ClN2OS/c15-9-3-1-4-10(7-9)19-8-13-17-14-11(16)5-2-6-12(14)18-13/h1-7H,8,16H2. The Kier molecular flexibility index (Phi) is 3.36. The van der Waals surface area contributed by atoms with Crippen molar-refractivity contribution >= 4 is 40.1 Å². The zero-order valence-corrected chi connectivity index (χ0v) is 11.5. The first kappa shape index (κ1) is 12.4. The SMILES string of the molecule is Nc1cccc2oc(CSc3cccc(Cl)c3)nc12. The highest BCUT2D eigenvalue weighted by Gasteiger charge is 2.08. The molecule has 1 heterocycles. The highest BCUT2D eigenvalue weighted by Crippen LogP contribution is 2.27. The van der Waals surface area contributed by atoms with Crippen LogP contribution in [0, 0.1) is 0 Å². The van der Waals surface area contributed by atoms with Crippen molar-refractivity contribution in [2.24, 2.45) is 0 Å². The second kappa shape index (κ2) is 5.15. The molecule has 0 bridgehead atoms. The Morgan fingerprint density at radius 1 is 1.21 bits per heavy atom. The zero-order valence-electron chi connectivity index (χ0n) is 9.97. The van der Waals surface area contributed by atoms with Crippen LogP contribution in [0.2, 0.25) is 5.02 Å². The summed E-state index contributed by atoms with van der Waals surface area (Å²) in [5.74, 6) is 1.31. The van der Waals surface area contributed by atoms with Crippen molar-refractivity contribution in [1.29, 1.82) is 0 Å². The van der Waals surface area contributed by atoms with Crippen LogP contribution in [0.1, 0.15) is 5.89 Å². The number of para-hydroxylation sites is 1. The fourth-order valence-corrected chi connectivity index (χ4v) is 2.83. The Morgan fingerprint density at radius 2 is 2.05 bits per heavy atom. The van der Waals surface area contributed by atoms with Crippen LogP contribution < -0.4 is 5.73 Å². The Balaban J connectivity index is 1.80. The Bertz CT molecular complexity index is 726. The number of benzene rings is 2. The predicted octanol–water partition coefficient (Wildman–Crippen LogP) is 4.36. The van der Waals surface area contributed by atoms with Gasteiger partial charge in [-0.05, 0) is 30.3 Å². The van der Waals surface area contributed by atoms with Crippen LogP contribution in [-0.2, 0) is 5.75 Å². The van der Waals surface area contributed by atoms with Crippen LogP contribution in [0.3, 0.4) is 0 Å². The predicted molar refractivity (Wildman–Crippen MR) is 79.4 cm³/mol. The van der Waals surface area contributed by atoms with Crippen LogP contribution in [0.5, 0.6) is 0 Å². The van der Waals surface area contributed by atoms with Gasteiger partial charge < -0.3 is 10.2 Å². The molecule has 5 heteroatoms. The second-order valence-electron chi connectivity index (χ2n) is 4.05. The first-order valence-electron chi connectivity index (χ1n) is 5.74. The summed E-state index contributed by atoms with van der Waals surface area (Å²) in [5, 5.41) is 0.729. The van der Waals surface area contributed by atoms with Gasteiger partial charge in [0.05, 0.1) is 11.4 Å². The number of hydrogen-bond acceptors (Lipinski definition) is 4. The average Bonchev–Trinajstić information content (AvgIpc) is 2.81. The zero-order chi connectivity index (χ0) is 13.2. The van der Waals surface area contributed by atoms with Gasteiger partial charge in [0.15, 0.2) is 5.58 Å². The number of oxazole rings is 1. The summed E-state index contributed by atoms with van der Waals surface area (Å²) >= 11 is 7.57. The molecule has 0 radical (unpaired) electrons. The van der Waals surface area contributed by atoms with Gasteiger partial charge in [-0.25, -0.2) is 4.98 Å². The molecule has 0 fully saturated rings. The van der Waals surface area contributed by atoms with E-state index in [1.807, 2.05) is 42.5 Å². The largest absolute Gasteiger partial charge is 0.440 e. The van der Waals surface area contributed by atoms with E-state index < -0.39 is 0 Å². The fourth-order valence-electron chi connectivity index (χ4n) is 1.78. The van der Waals surface area contributed by atoms with Gasteiger partial charge in [-0.2, -0.15) is 0 Å². The van der Waals surface area contributed by atoms with Crippen molar-refractivity contribution < 1.29 is 4.42 Å². The van der Waals surface area contributed by atoms with E-state index in [4.69, 9.17) is 21.8 Å². The molecule has 0 aliphatic heterocycles. The van der Waals surface area contributed by atoms with Gasteiger partial charge in [-0.1, -0.05) is 23.7 Å². The molecule has 2 aromatic carbocycles. The lowest BCUT2D eigenvalue weighted by Crippen LogP contribution is -1.85. The van der Waals surface area contributed by atoms with Gasteiger partial charge in [0.2, 0.25) is 5.89 Å². The lowest BCUT2D eigenvalue weighted by atomic mass is 10.3. The maximum Gasteiger partial charge on any atom is 0.205 e. The van der Waals surface area contributed by atoms with Crippen LogP contribution in [0.15, 0.2) is 51.8 Å². The lowest BCUT2D eigenvalue weighted by molar-refractivity contribution is 0.556. The van der Waals surface area contributed by atoms with Crippen molar-refractivity contribution in [2.75, 3.05) is 5.73 Å². The van der Waals surface area contributed by atoms with Crippen molar-refractivity contribution in [1.82, 2.24) is 4.98 Å². The highest BCUT2D eigenvalue weighted by molar-refractivity contribution is 7.98. The van der Waals surface area contributed by atoms with E-state index in [1.54, 1.807) is 11.8 Å². The molecule has 2 N–H and O–H groups in total. The summed E-state index contributed by atoms with van der Waals surface area (Å²) in [4.78, 5) is 5.49. The molecule has 19 heavy (non-hydrogen) atoms. The summed E-state index contributed by atoms with van der Waals surface area (Å²) in [5.41, 5.74) is 7.94. The van der Waals surface area contributed by atoms with E-state index in [1.165, 1.54) is 0 Å². The molecule has 3 nitrogen and oxygen atoms in total. The molecule has 0 unspecified atom stereocenters. The van der Waals surface area contributed by atoms with E-state index in [2.05, 4.69) is 4.98 Å². The minimum Gasteiger partial charge on any atom is -0.440 e. The summed E-state index contributed by atoms with van der Waals surface area (Å²) < 4.78 is 5.66. The second-order valence-corrected chi connectivity index (χ2v) is 5.53. The van der Waals surface area contributed by atoms with E-state index in [0.717, 1.165) is 21.0 Å². The summed E-state index contributed by atoms with van der Waals surface area (Å²) in [7, 11) is 0.